The molecule has 0 saturated heterocycles. The number of non-ortho nitro benzene ring substituents is 1. The quantitative estimate of drug-likeness (QED) is 0.599. The molecule has 0 fully saturated rings. The van der Waals surface area contributed by atoms with Gasteiger partial charge in [0.05, 0.1) is 11.3 Å². The lowest BCUT2D eigenvalue weighted by atomic mass is 10.1. The summed E-state index contributed by atoms with van der Waals surface area (Å²) in [5.41, 5.74) is 1.34. The Hall–Kier alpha value is -2.11. The number of carboxylic acid groups (broad SMARTS) is 1. The predicted octanol–water partition coefficient (Wildman–Crippen LogP) is 2.57. The molecule has 1 aromatic rings. The van der Waals surface area contributed by atoms with Gasteiger partial charge < -0.3 is 10.4 Å². The van der Waals surface area contributed by atoms with Crippen molar-refractivity contribution in [3.63, 3.8) is 0 Å². The molecule has 0 aliphatic heterocycles. The number of aryl methyl sites for hydroxylation is 1. The van der Waals surface area contributed by atoms with Gasteiger partial charge in [0.15, 0.2) is 0 Å². The fraction of sp³-hybridized carbons (Fsp3) is 0.417. The Morgan fingerprint density at radius 3 is 2.67 bits per heavy atom. The number of nitro groups is 1. The van der Waals surface area contributed by atoms with Gasteiger partial charge in [-0.3, -0.25) is 14.9 Å². The topological polar surface area (TPSA) is 92.5 Å². The van der Waals surface area contributed by atoms with E-state index in [1.807, 2.05) is 6.92 Å². The van der Waals surface area contributed by atoms with Crippen LogP contribution in [0.1, 0.15) is 25.3 Å². The zero-order valence-electron chi connectivity index (χ0n) is 10.3. The van der Waals surface area contributed by atoms with Crippen LogP contribution in [0.3, 0.4) is 0 Å². The molecule has 6 nitrogen and oxygen atoms in total. The minimum absolute atomic E-state index is 0.00248. The van der Waals surface area contributed by atoms with Crippen LogP contribution in [-0.2, 0) is 4.79 Å². The van der Waals surface area contributed by atoms with Gasteiger partial charge in [-0.05, 0) is 25.0 Å². The van der Waals surface area contributed by atoms with Crippen LogP contribution in [0.5, 0.6) is 0 Å². The Kier molecular flexibility index (Phi) is 4.65. The van der Waals surface area contributed by atoms with E-state index in [4.69, 9.17) is 5.11 Å². The van der Waals surface area contributed by atoms with Gasteiger partial charge in [0.1, 0.15) is 0 Å². The van der Waals surface area contributed by atoms with E-state index < -0.39 is 10.9 Å². The molecule has 18 heavy (non-hydrogen) atoms. The highest BCUT2D eigenvalue weighted by molar-refractivity contribution is 5.68. The van der Waals surface area contributed by atoms with Gasteiger partial charge in [-0.2, -0.15) is 0 Å². The third-order valence-electron chi connectivity index (χ3n) is 2.56. The molecule has 0 aromatic heterocycles. The molecule has 1 aromatic carbocycles. The molecule has 0 heterocycles. The molecule has 2 N–H and O–H groups in total. The first kappa shape index (κ1) is 14.0. The van der Waals surface area contributed by atoms with Crippen LogP contribution in [0.2, 0.25) is 0 Å². The summed E-state index contributed by atoms with van der Waals surface area (Å²) in [6.45, 7) is 3.63. The first-order chi connectivity index (χ1) is 8.42. The van der Waals surface area contributed by atoms with E-state index in [-0.39, 0.29) is 18.2 Å². The summed E-state index contributed by atoms with van der Waals surface area (Å²) in [5.74, 6) is -0.892. The fourth-order valence-electron chi connectivity index (χ4n) is 1.70. The molecule has 0 spiro atoms. The Labute approximate surface area is 105 Å². The molecule has 0 saturated carbocycles. The lowest BCUT2D eigenvalue weighted by molar-refractivity contribution is -0.384. The van der Waals surface area contributed by atoms with Crippen molar-refractivity contribution in [3.05, 3.63) is 33.9 Å². The van der Waals surface area contributed by atoms with Crippen molar-refractivity contribution in [1.29, 1.82) is 0 Å². The molecule has 0 aliphatic rings. The third-order valence-corrected chi connectivity index (χ3v) is 2.56. The summed E-state index contributed by atoms with van der Waals surface area (Å²) in [4.78, 5) is 20.9. The van der Waals surface area contributed by atoms with Crippen LogP contribution in [0.25, 0.3) is 0 Å². The summed E-state index contributed by atoms with van der Waals surface area (Å²) in [6.07, 6.45) is 0.617. The molecule has 0 bridgehead atoms. The van der Waals surface area contributed by atoms with Gasteiger partial charge in [-0.25, -0.2) is 0 Å². The van der Waals surface area contributed by atoms with Crippen LogP contribution in [0.15, 0.2) is 18.2 Å². The number of carbonyl (C=O) groups is 1. The molecule has 1 unspecified atom stereocenters. The van der Waals surface area contributed by atoms with Crippen molar-refractivity contribution in [2.24, 2.45) is 0 Å². The van der Waals surface area contributed by atoms with Gasteiger partial charge in [-0.15, -0.1) is 0 Å². The van der Waals surface area contributed by atoms with Gasteiger partial charge >= 0.3 is 5.97 Å². The number of rotatable bonds is 6. The summed E-state index contributed by atoms with van der Waals surface area (Å²) < 4.78 is 0. The number of anilines is 1. The molecule has 0 aliphatic carbocycles. The van der Waals surface area contributed by atoms with Crippen LogP contribution in [0.4, 0.5) is 11.4 Å². The highest BCUT2D eigenvalue weighted by Gasteiger charge is 2.13. The molecule has 0 amide bonds. The Morgan fingerprint density at radius 1 is 1.50 bits per heavy atom. The Balaban J connectivity index is 2.88. The van der Waals surface area contributed by atoms with Crippen molar-refractivity contribution < 1.29 is 14.8 Å². The number of hydrogen-bond acceptors (Lipinski definition) is 4. The van der Waals surface area contributed by atoms with Crippen molar-refractivity contribution in [3.8, 4) is 0 Å². The van der Waals surface area contributed by atoms with E-state index in [2.05, 4.69) is 5.32 Å². The van der Waals surface area contributed by atoms with Crippen molar-refractivity contribution in [2.45, 2.75) is 32.7 Å². The maximum atomic E-state index is 10.7. The first-order valence-corrected chi connectivity index (χ1v) is 5.66. The minimum Gasteiger partial charge on any atom is -0.481 e. The average Bonchev–Trinajstić information content (AvgIpc) is 2.26. The summed E-state index contributed by atoms with van der Waals surface area (Å²) in [6, 6.07) is 4.42. The van der Waals surface area contributed by atoms with Crippen LogP contribution in [0, 0.1) is 17.0 Å². The maximum Gasteiger partial charge on any atom is 0.305 e. The molecule has 1 atom stereocenters. The van der Waals surface area contributed by atoms with E-state index in [0.29, 0.717) is 12.1 Å². The number of hydrogen-bond donors (Lipinski definition) is 2. The number of nitro benzene ring substituents is 1. The lowest BCUT2D eigenvalue weighted by Crippen LogP contribution is -2.22. The largest absolute Gasteiger partial charge is 0.481 e. The summed E-state index contributed by atoms with van der Waals surface area (Å²) in [7, 11) is 0. The highest BCUT2D eigenvalue weighted by Crippen LogP contribution is 2.21. The minimum atomic E-state index is -0.892. The zero-order chi connectivity index (χ0) is 13.7. The van der Waals surface area contributed by atoms with Crippen LogP contribution >= 0.6 is 0 Å². The van der Waals surface area contributed by atoms with Gasteiger partial charge in [0, 0.05) is 23.9 Å². The fourth-order valence-corrected chi connectivity index (χ4v) is 1.70. The first-order valence-electron chi connectivity index (χ1n) is 5.66. The molecule has 98 valence electrons. The molecular weight excluding hydrogens is 236 g/mol. The Morgan fingerprint density at radius 2 is 2.17 bits per heavy atom. The number of benzene rings is 1. The second-order valence-electron chi connectivity index (χ2n) is 4.16. The van der Waals surface area contributed by atoms with Crippen molar-refractivity contribution in [2.75, 3.05) is 5.32 Å². The second kappa shape index (κ2) is 6.00. The normalized spacial score (nSPS) is 11.9. The van der Waals surface area contributed by atoms with E-state index in [1.165, 1.54) is 12.1 Å². The molecule has 0 radical (unpaired) electrons. The SMILES string of the molecule is CCC(CC(=O)O)Nc1cc(C)cc([N+](=O)[O-])c1. The zero-order valence-corrected chi connectivity index (χ0v) is 10.3. The Bertz CT molecular complexity index is 459. The number of nitrogens with one attached hydrogen (secondary N) is 1. The van der Waals surface area contributed by atoms with Crippen LogP contribution < -0.4 is 5.32 Å². The molecule has 1 rings (SSSR count). The van der Waals surface area contributed by atoms with Gasteiger partial charge in [0.25, 0.3) is 5.69 Å². The van der Waals surface area contributed by atoms with E-state index in [1.54, 1.807) is 13.0 Å². The standard InChI is InChI=1S/C12H16N2O4/c1-3-9(7-12(15)16)13-10-4-8(2)5-11(6-10)14(17)18/h4-6,9,13H,3,7H2,1-2H3,(H,15,16). The number of carboxylic acids is 1. The number of aliphatic carboxylic acids is 1. The molecule has 6 heteroatoms. The van der Waals surface area contributed by atoms with Crippen molar-refractivity contribution in [1.82, 2.24) is 0 Å². The number of nitrogens with zero attached hydrogens (tertiary/aromatic N) is 1. The van der Waals surface area contributed by atoms with E-state index in [9.17, 15) is 14.9 Å². The monoisotopic (exact) mass is 252 g/mol. The summed E-state index contributed by atoms with van der Waals surface area (Å²) in [5, 5.41) is 22.5. The van der Waals surface area contributed by atoms with Gasteiger partial charge in [0.2, 0.25) is 0 Å². The maximum absolute atomic E-state index is 10.7. The van der Waals surface area contributed by atoms with E-state index in [0.717, 1.165) is 5.56 Å². The smallest absolute Gasteiger partial charge is 0.305 e. The van der Waals surface area contributed by atoms with Gasteiger partial charge in [-0.1, -0.05) is 6.92 Å². The van der Waals surface area contributed by atoms with E-state index >= 15 is 0 Å². The van der Waals surface area contributed by atoms with Crippen molar-refractivity contribution >= 4 is 17.3 Å². The van der Waals surface area contributed by atoms with Crippen LogP contribution in [-0.4, -0.2) is 22.0 Å². The average molecular weight is 252 g/mol. The third kappa shape index (κ3) is 4.04. The predicted molar refractivity (Wildman–Crippen MR) is 67.8 cm³/mol. The lowest BCUT2D eigenvalue weighted by Gasteiger charge is -2.16. The second-order valence-corrected chi connectivity index (χ2v) is 4.16. The molecular formula is C12H16N2O4. The summed E-state index contributed by atoms with van der Waals surface area (Å²) >= 11 is 0. The highest BCUT2D eigenvalue weighted by atomic mass is 16.6.